The molecule has 204 valence electrons. The van der Waals surface area contributed by atoms with Gasteiger partial charge in [-0.15, -0.1) is 0 Å². The third kappa shape index (κ3) is 6.74. The molecule has 7 nitrogen and oxygen atoms in total. The van der Waals surface area contributed by atoms with Gasteiger partial charge in [0.1, 0.15) is 11.6 Å². The third-order valence-corrected chi connectivity index (χ3v) is 7.32. The average Bonchev–Trinajstić information content (AvgIpc) is 3.47. The molecule has 0 unspecified atom stereocenters. The molecule has 7 heteroatoms. The van der Waals surface area contributed by atoms with E-state index in [1.165, 1.54) is 0 Å². The molecule has 2 aromatic rings. The highest BCUT2D eigenvalue weighted by Gasteiger charge is 2.48. The number of carbonyl (C=O) groups is 3. The van der Waals surface area contributed by atoms with Crippen molar-refractivity contribution in [3.63, 3.8) is 0 Å². The fourth-order valence-electron chi connectivity index (χ4n) is 5.68. The van der Waals surface area contributed by atoms with E-state index in [9.17, 15) is 14.4 Å². The molecule has 2 aliphatic heterocycles. The highest BCUT2D eigenvalue weighted by molar-refractivity contribution is 5.87. The number of alkyl carbamates (subject to hydrolysis) is 1. The van der Waals surface area contributed by atoms with E-state index in [0.717, 1.165) is 17.5 Å². The summed E-state index contributed by atoms with van der Waals surface area (Å²) in [5, 5.41) is 2.80. The molecule has 2 heterocycles. The zero-order valence-electron chi connectivity index (χ0n) is 23.2. The number of fused-ring (bicyclic) bond motifs is 2. The number of nitrogens with zero attached hydrogens (tertiary/aromatic N) is 2. The Morgan fingerprint density at radius 2 is 1.42 bits per heavy atom. The summed E-state index contributed by atoms with van der Waals surface area (Å²) in [4.78, 5) is 43.4. The van der Waals surface area contributed by atoms with E-state index in [-0.39, 0.29) is 35.7 Å². The molecule has 4 rings (SSSR count). The maximum atomic E-state index is 13.6. The van der Waals surface area contributed by atoms with Crippen LogP contribution in [0.25, 0.3) is 0 Å². The van der Waals surface area contributed by atoms with Crippen LogP contribution in [0, 0.1) is 5.92 Å². The van der Waals surface area contributed by atoms with Gasteiger partial charge < -0.3 is 19.9 Å². The second-order valence-electron chi connectivity index (χ2n) is 12.0. The predicted octanol–water partition coefficient (Wildman–Crippen LogP) is 4.96. The van der Waals surface area contributed by atoms with Gasteiger partial charge in [-0.1, -0.05) is 74.5 Å². The molecule has 38 heavy (non-hydrogen) atoms. The Kier molecular flexibility index (Phi) is 8.44. The summed E-state index contributed by atoms with van der Waals surface area (Å²) in [6, 6.07) is 19.7. The van der Waals surface area contributed by atoms with E-state index >= 15 is 0 Å². The minimum absolute atomic E-state index is 0.00451. The summed E-state index contributed by atoms with van der Waals surface area (Å²) in [6.45, 7) is 10.5. The van der Waals surface area contributed by atoms with Gasteiger partial charge in [-0.2, -0.15) is 0 Å². The topological polar surface area (TPSA) is 79.0 Å². The predicted molar refractivity (Wildman–Crippen MR) is 148 cm³/mol. The number of likely N-dealkylation sites (tertiary alicyclic amines) is 2. The minimum atomic E-state index is -0.645. The summed E-state index contributed by atoms with van der Waals surface area (Å²) >= 11 is 0. The molecule has 2 aromatic carbocycles. The Hall–Kier alpha value is -3.35. The Morgan fingerprint density at radius 1 is 0.895 bits per heavy atom. The van der Waals surface area contributed by atoms with E-state index in [0.29, 0.717) is 25.9 Å². The van der Waals surface area contributed by atoms with Crippen LogP contribution < -0.4 is 5.32 Å². The number of ether oxygens (including phenoxy) is 1. The van der Waals surface area contributed by atoms with Crippen molar-refractivity contribution >= 4 is 17.9 Å². The van der Waals surface area contributed by atoms with Gasteiger partial charge in [0.05, 0.1) is 12.1 Å². The molecule has 1 N–H and O–H groups in total. The number of amides is 3. The first-order chi connectivity index (χ1) is 18.0. The molecular weight excluding hydrogens is 478 g/mol. The highest BCUT2D eigenvalue weighted by atomic mass is 16.6. The summed E-state index contributed by atoms with van der Waals surface area (Å²) in [6.07, 6.45) is 1.12. The second-order valence-corrected chi connectivity index (χ2v) is 12.0. The first-order valence-electron chi connectivity index (χ1n) is 13.7. The fourth-order valence-corrected chi connectivity index (χ4v) is 5.68. The van der Waals surface area contributed by atoms with Gasteiger partial charge in [-0.05, 0) is 50.7 Å². The van der Waals surface area contributed by atoms with Gasteiger partial charge >= 0.3 is 6.09 Å². The number of nitrogens with one attached hydrogen (secondary N) is 1. The largest absolute Gasteiger partial charge is 0.444 e. The minimum Gasteiger partial charge on any atom is -0.444 e. The number of carbonyl (C=O) groups excluding carboxylic acids is 3. The summed E-state index contributed by atoms with van der Waals surface area (Å²) in [5.41, 5.74) is 1.61. The van der Waals surface area contributed by atoms with Crippen LogP contribution in [0.1, 0.15) is 70.9 Å². The molecule has 0 radical (unpaired) electrons. The molecule has 0 aromatic heterocycles. The molecule has 0 saturated carbocycles. The van der Waals surface area contributed by atoms with Gasteiger partial charge in [0.2, 0.25) is 11.8 Å². The molecule has 3 atom stereocenters. The Balaban J connectivity index is 1.42. The van der Waals surface area contributed by atoms with Gasteiger partial charge in [-0.3, -0.25) is 9.59 Å². The van der Waals surface area contributed by atoms with Crippen LogP contribution >= 0.6 is 0 Å². The highest BCUT2D eigenvalue weighted by Crippen LogP contribution is 2.35. The van der Waals surface area contributed by atoms with Crippen LogP contribution in [0.5, 0.6) is 0 Å². The maximum absolute atomic E-state index is 13.6. The molecule has 0 aliphatic carbocycles. The molecule has 2 bridgehead atoms. The van der Waals surface area contributed by atoms with Gasteiger partial charge in [-0.25, -0.2) is 4.79 Å². The van der Waals surface area contributed by atoms with E-state index in [1.54, 1.807) is 20.8 Å². The second kappa shape index (κ2) is 11.6. The van der Waals surface area contributed by atoms with Crippen molar-refractivity contribution in [2.45, 2.75) is 83.5 Å². The van der Waals surface area contributed by atoms with Crippen molar-refractivity contribution in [2.75, 3.05) is 13.1 Å². The van der Waals surface area contributed by atoms with Crippen LogP contribution in [0.2, 0.25) is 0 Å². The Morgan fingerprint density at radius 3 is 1.89 bits per heavy atom. The lowest BCUT2D eigenvalue weighted by atomic mass is 9.88. The van der Waals surface area contributed by atoms with Crippen molar-refractivity contribution in [1.29, 1.82) is 0 Å². The monoisotopic (exact) mass is 519 g/mol. The van der Waals surface area contributed by atoms with Crippen molar-refractivity contribution in [1.82, 2.24) is 15.1 Å². The number of rotatable bonds is 8. The molecule has 2 saturated heterocycles. The Bertz CT molecular complexity index is 1070. The normalized spacial score (nSPS) is 19.7. The van der Waals surface area contributed by atoms with E-state index in [4.69, 9.17) is 4.74 Å². The molecule has 2 fully saturated rings. The summed E-state index contributed by atoms with van der Waals surface area (Å²) in [7, 11) is 0. The third-order valence-electron chi connectivity index (χ3n) is 7.32. The van der Waals surface area contributed by atoms with E-state index < -0.39 is 17.7 Å². The standard InChI is InChI=1S/C31H41N3O4/c1-21(2)16-27(32-30(37)38-31(3,4)5)29(36)34-20-24-17-25(34)19-33(24)28(35)18-26(22-12-8-6-9-13-22)23-14-10-7-11-15-23/h6-15,21,24-27H,16-20H2,1-5H3,(H,32,37)/t24-,25-,27-/m1/s1. The molecule has 2 aliphatic rings. The average molecular weight is 520 g/mol. The smallest absolute Gasteiger partial charge is 0.408 e. The van der Waals surface area contributed by atoms with Gasteiger partial charge in [0, 0.05) is 25.4 Å². The summed E-state index contributed by atoms with van der Waals surface area (Å²) in [5.74, 6) is 0.239. The van der Waals surface area contributed by atoms with Crippen molar-refractivity contribution in [2.24, 2.45) is 5.92 Å². The van der Waals surface area contributed by atoms with Crippen LogP contribution in [0.4, 0.5) is 4.79 Å². The molecular formula is C31H41N3O4. The van der Waals surface area contributed by atoms with Gasteiger partial charge in [0.15, 0.2) is 0 Å². The molecule has 3 amide bonds. The van der Waals surface area contributed by atoms with Crippen LogP contribution in [0.15, 0.2) is 60.7 Å². The lowest BCUT2D eigenvalue weighted by Gasteiger charge is -2.37. The first-order valence-corrected chi connectivity index (χ1v) is 13.7. The van der Waals surface area contributed by atoms with Crippen LogP contribution in [-0.2, 0) is 14.3 Å². The number of hydrogen-bond donors (Lipinski definition) is 1. The van der Waals surface area contributed by atoms with Crippen LogP contribution in [-0.4, -0.2) is 64.5 Å². The van der Waals surface area contributed by atoms with Crippen LogP contribution in [0.3, 0.4) is 0 Å². The van der Waals surface area contributed by atoms with Crippen molar-refractivity contribution < 1.29 is 19.1 Å². The number of hydrogen-bond acceptors (Lipinski definition) is 4. The van der Waals surface area contributed by atoms with E-state index in [2.05, 4.69) is 29.6 Å². The number of piperazine rings is 1. The Labute approximate surface area is 226 Å². The lowest BCUT2D eigenvalue weighted by molar-refractivity contribution is -0.141. The van der Waals surface area contributed by atoms with E-state index in [1.807, 2.05) is 60.0 Å². The maximum Gasteiger partial charge on any atom is 0.408 e. The number of benzene rings is 2. The summed E-state index contributed by atoms with van der Waals surface area (Å²) < 4.78 is 5.41. The van der Waals surface area contributed by atoms with Gasteiger partial charge in [0.25, 0.3) is 0 Å². The zero-order chi connectivity index (χ0) is 27.4. The first kappa shape index (κ1) is 27.7. The quantitative estimate of drug-likeness (QED) is 0.535. The van der Waals surface area contributed by atoms with Crippen molar-refractivity contribution in [3.05, 3.63) is 71.8 Å². The molecule has 0 spiro atoms. The fraction of sp³-hybridized carbons (Fsp3) is 0.516. The lowest BCUT2D eigenvalue weighted by Crippen LogP contribution is -2.56. The van der Waals surface area contributed by atoms with Crippen molar-refractivity contribution in [3.8, 4) is 0 Å². The SMILES string of the molecule is CC(C)C[C@@H](NC(=O)OC(C)(C)C)C(=O)N1C[C@H]2C[C@@H]1CN2C(=O)CC(c1ccccc1)c1ccccc1. The zero-order valence-corrected chi connectivity index (χ0v) is 23.2.